The van der Waals surface area contributed by atoms with Crippen molar-refractivity contribution in [2.75, 3.05) is 6.54 Å². The van der Waals surface area contributed by atoms with Gasteiger partial charge in [-0.15, -0.1) is 0 Å². The second-order valence-corrected chi connectivity index (χ2v) is 5.93. The van der Waals surface area contributed by atoms with Gasteiger partial charge in [-0.1, -0.05) is 23.7 Å². The summed E-state index contributed by atoms with van der Waals surface area (Å²) in [5, 5.41) is 6.08. The first kappa shape index (κ1) is 14.9. The van der Waals surface area contributed by atoms with Crippen LogP contribution in [0.15, 0.2) is 24.3 Å². The molecule has 2 N–H and O–H groups in total. The van der Waals surface area contributed by atoms with Crippen LogP contribution in [0.1, 0.15) is 32.3 Å². The highest BCUT2D eigenvalue weighted by atomic mass is 35.5. The largest absolute Gasteiger partial charge is 0.352 e. The standard InChI is InChI=1S/C15H19ClN2O2/c1-10(2)18-13(19)9-17-14(20)15(6-7-15)11-4-3-5-12(16)8-11/h3-5,8,10H,6-7,9H2,1-2H3,(H,17,20)(H,18,19). The molecule has 1 aromatic carbocycles. The Morgan fingerprint density at radius 1 is 1.35 bits per heavy atom. The topological polar surface area (TPSA) is 58.2 Å². The molecular weight excluding hydrogens is 276 g/mol. The molecule has 0 bridgehead atoms. The van der Waals surface area contributed by atoms with E-state index in [0.717, 1.165) is 18.4 Å². The monoisotopic (exact) mass is 294 g/mol. The maximum atomic E-state index is 12.3. The summed E-state index contributed by atoms with van der Waals surface area (Å²) >= 11 is 5.97. The molecule has 5 heteroatoms. The zero-order valence-electron chi connectivity index (χ0n) is 11.7. The normalized spacial score (nSPS) is 15.8. The van der Waals surface area contributed by atoms with Gasteiger partial charge in [0.15, 0.2) is 0 Å². The maximum absolute atomic E-state index is 12.3. The Balaban J connectivity index is 1.97. The van der Waals surface area contributed by atoms with Crippen molar-refractivity contribution in [2.24, 2.45) is 0 Å². The van der Waals surface area contributed by atoms with Crippen molar-refractivity contribution >= 4 is 23.4 Å². The lowest BCUT2D eigenvalue weighted by Crippen LogP contribution is -2.43. The van der Waals surface area contributed by atoms with Crippen LogP contribution in [0.4, 0.5) is 0 Å². The Morgan fingerprint density at radius 3 is 2.60 bits per heavy atom. The van der Waals surface area contributed by atoms with Crippen molar-refractivity contribution in [1.29, 1.82) is 0 Å². The van der Waals surface area contributed by atoms with Crippen LogP contribution in [0.25, 0.3) is 0 Å². The third-order valence-electron chi connectivity index (χ3n) is 3.42. The van der Waals surface area contributed by atoms with Crippen LogP contribution < -0.4 is 10.6 Å². The van der Waals surface area contributed by atoms with E-state index in [4.69, 9.17) is 11.6 Å². The summed E-state index contributed by atoms with van der Waals surface area (Å²) in [7, 11) is 0. The lowest BCUT2D eigenvalue weighted by Gasteiger charge is -2.16. The van der Waals surface area contributed by atoms with Crippen molar-refractivity contribution in [1.82, 2.24) is 10.6 Å². The maximum Gasteiger partial charge on any atom is 0.239 e. The predicted molar refractivity (Wildman–Crippen MR) is 78.7 cm³/mol. The smallest absolute Gasteiger partial charge is 0.239 e. The number of carbonyl (C=O) groups is 2. The van der Waals surface area contributed by atoms with E-state index in [1.807, 2.05) is 32.0 Å². The number of hydrogen-bond donors (Lipinski definition) is 2. The van der Waals surface area contributed by atoms with Crippen molar-refractivity contribution in [3.05, 3.63) is 34.9 Å². The van der Waals surface area contributed by atoms with Gasteiger partial charge in [0, 0.05) is 11.1 Å². The molecular formula is C15H19ClN2O2. The van der Waals surface area contributed by atoms with Crippen molar-refractivity contribution in [3.8, 4) is 0 Å². The second-order valence-electron chi connectivity index (χ2n) is 5.50. The van der Waals surface area contributed by atoms with Crippen molar-refractivity contribution in [3.63, 3.8) is 0 Å². The average molecular weight is 295 g/mol. The zero-order chi connectivity index (χ0) is 14.8. The van der Waals surface area contributed by atoms with E-state index in [9.17, 15) is 9.59 Å². The van der Waals surface area contributed by atoms with E-state index in [1.54, 1.807) is 6.07 Å². The highest BCUT2D eigenvalue weighted by Crippen LogP contribution is 2.48. The van der Waals surface area contributed by atoms with Crippen LogP contribution in [0.3, 0.4) is 0 Å². The van der Waals surface area contributed by atoms with Gasteiger partial charge in [0.25, 0.3) is 0 Å². The molecule has 1 fully saturated rings. The molecule has 20 heavy (non-hydrogen) atoms. The summed E-state index contributed by atoms with van der Waals surface area (Å²) in [5.74, 6) is -0.270. The van der Waals surface area contributed by atoms with E-state index in [2.05, 4.69) is 10.6 Å². The molecule has 1 saturated carbocycles. The Morgan fingerprint density at radius 2 is 2.05 bits per heavy atom. The third-order valence-corrected chi connectivity index (χ3v) is 3.66. The van der Waals surface area contributed by atoms with Gasteiger partial charge in [-0.2, -0.15) is 0 Å². The minimum atomic E-state index is -0.497. The van der Waals surface area contributed by atoms with Gasteiger partial charge >= 0.3 is 0 Å². The highest BCUT2D eigenvalue weighted by molar-refractivity contribution is 6.30. The summed E-state index contributed by atoms with van der Waals surface area (Å²) in [6.07, 6.45) is 1.59. The molecule has 1 aliphatic rings. The van der Waals surface area contributed by atoms with Gasteiger partial charge in [-0.25, -0.2) is 0 Å². The first-order valence-corrected chi connectivity index (χ1v) is 7.15. The van der Waals surface area contributed by atoms with E-state index < -0.39 is 5.41 Å². The Labute approximate surface area is 123 Å². The average Bonchev–Trinajstić information content (AvgIpc) is 3.16. The fraction of sp³-hybridized carbons (Fsp3) is 0.467. The molecule has 1 aromatic rings. The SMILES string of the molecule is CC(C)NC(=O)CNC(=O)C1(c2cccc(Cl)c2)CC1. The molecule has 2 rings (SSSR count). The minimum Gasteiger partial charge on any atom is -0.352 e. The van der Waals surface area contributed by atoms with E-state index in [-0.39, 0.29) is 24.4 Å². The minimum absolute atomic E-state index is 0.0132. The van der Waals surface area contributed by atoms with Crippen molar-refractivity contribution in [2.45, 2.75) is 38.1 Å². The molecule has 0 heterocycles. The third kappa shape index (κ3) is 3.31. The molecule has 0 aromatic heterocycles. The van der Waals surface area contributed by atoms with Gasteiger partial charge < -0.3 is 10.6 Å². The van der Waals surface area contributed by atoms with Gasteiger partial charge in [0.2, 0.25) is 11.8 Å². The number of amides is 2. The summed E-state index contributed by atoms with van der Waals surface area (Å²) in [4.78, 5) is 23.8. The molecule has 0 atom stereocenters. The van der Waals surface area contributed by atoms with Gasteiger partial charge in [0.05, 0.1) is 12.0 Å². The van der Waals surface area contributed by atoms with Crippen LogP contribution in [-0.2, 0) is 15.0 Å². The quantitative estimate of drug-likeness (QED) is 0.873. The zero-order valence-corrected chi connectivity index (χ0v) is 12.5. The van der Waals surface area contributed by atoms with Crippen LogP contribution in [-0.4, -0.2) is 24.4 Å². The van der Waals surface area contributed by atoms with Gasteiger partial charge in [-0.05, 0) is 44.4 Å². The highest BCUT2D eigenvalue weighted by Gasteiger charge is 2.51. The fourth-order valence-corrected chi connectivity index (χ4v) is 2.45. The molecule has 0 radical (unpaired) electrons. The molecule has 1 aliphatic carbocycles. The first-order chi connectivity index (χ1) is 9.44. The van der Waals surface area contributed by atoms with Crippen molar-refractivity contribution < 1.29 is 9.59 Å². The van der Waals surface area contributed by atoms with Crippen LogP contribution in [0, 0.1) is 0 Å². The summed E-state index contributed by atoms with van der Waals surface area (Å²) < 4.78 is 0. The number of carbonyl (C=O) groups excluding carboxylic acids is 2. The van der Waals surface area contributed by atoms with Crippen LogP contribution >= 0.6 is 11.6 Å². The van der Waals surface area contributed by atoms with Gasteiger partial charge in [0.1, 0.15) is 0 Å². The van der Waals surface area contributed by atoms with E-state index in [1.165, 1.54) is 0 Å². The Bertz CT molecular complexity index is 524. The Hall–Kier alpha value is -1.55. The molecule has 0 spiro atoms. The number of hydrogen-bond acceptors (Lipinski definition) is 2. The number of rotatable bonds is 5. The summed E-state index contributed by atoms with van der Waals surface area (Å²) in [6, 6.07) is 7.43. The molecule has 4 nitrogen and oxygen atoms in total. The summed E-state index contributed by atoms with van der Waals surface area (Å²) in [6.45, 7) is 3.78. The lowest BCUT2D eigenvalue weighted by molar-refractivity contribution is -0.127. The van der Waals surface area contributed by atoms with E-state index >= 15 is 0 Å². The Kier molecular flexibility index (Phi) is 4.33. The van der Waals surface area contributed by atoms with Crippen LogP contribution in [0.5, 0.6) is 0 Å². The molecule has 0 saturated heterocycles. The molecule has 2 amide bonds. The number of benzene rings is 1. The predicted octanol–water partition coefficient (Wildman–Crippen LogP) is 2.01. The lowest BCUT2D eigenvalue weighted by atomic mass is 9.95. The fourth-order valence-electron chi connectivity index (χ4n) is 2.26. The molecule has 108 valence electrons. The van der Waals surface area contributed by atoms with E-state index in [0.29, 0.717) is 5.02 Å². The van der Waals surface area contributed by atoms with Gasteiger partial charge in [-0.3, -0.25) is 9.59 Å². The molecule has 0 unspecified atom stereocenters. The number of halogens is 1. The number of nitrogens with one attached hydrogen (secondary N) is 2. The molecule has 0 aliphatic heterocycles. The second kappa shape index (κ2) is 5.83. The summed E-state index contributed by atoms with van der Waals surface area (Å²) in [5.41, 5.74) is 0.426. The van der Waals surface area contributed by atoms with Crippen LogP contribution in [0.2, 0.25) is 5.02 Å². The first-order valence-electron chi connectivity index (χ1n) is 6.78.